The Hall–Kier alpha value is -3.37. The molecule has 1 atom stereocenters. The Morgan fingerprint density at radius 1 is 1.11 bits per heavy atom. The minimum absolute atomic E-state index is 0.0353. The SMILES string of the molecule is COC[C@@H]1CCCN1C(=O)Oc1ccc(Sc2cc(=O)c3c(OC)c(OC)c(OC(C)C)cc3o2)cc1. The van der Waals surface area contributed by atoms with Crippen molar-refractivity contribution in [2.45, 2.75) is 48.8 Å². The third kappa shape index (κ3) is 5.97. The van der Waals surface area contributed by atoms with Gasteiger partial charge in [-0.25, -0.2) is 4.79 Å². The van der Waals surface area contributed by atoms with E-state index in [1.54, 1.807) is 42.3 Å². The van der Waals surface area contributed by atoms with Crippen LogP contribution in [0.15, 0.2) is 55.6 Å². The number of hydrogen-bond donors (Lipinski definition) is 0. The van der Waals surface area contributed by atoms with Gasteiger partial charge in [0.1, 0.15) is 16.7 Å². The van der Waals surface area contributed by atoms with E-state index in [1.165, 1.54) is 32.0 Å². The number of benzene rings is 2. The van der Waals surface area contributed by atoms with Crippen molar-refractivity contribution in [3.63, 3.8) is 0 Å². The Morgan fingerprint density at radius 3 is 2.49 bits per heavy atom. The molecule has 1 aliphatic heterocycles. The molecule has 0 aliphatic carbocycles. The Bertz CT molecular complexity index is 1300. The first-order chi connectivity index (χ1) is 17.8. The molecule has 2 heterocycles. The lowest BCUT2D eigenvalue weighted by atomic mass is 10.1. The fourth-order valence-corrected chi connectivity index (χ4v) is 5.10. The number of rotatable bonds is 9. The monoisotopic (exact) mass is 529 g/mol. The highest BCUT2D eigenvalue weighted by molar-refractivity contribution is 7.99. The quantitative estimate of drug-likeness (QED) is 0.363. The minimum Gasteiger partial charge on any atom is -0.492 e. The molecule has 4 rings (SSSR count). The van der Waals surface area contributed by atoms with E-state index in [9.17, 15) is 9.59 Å². The second-order valence-corrected chi connectivity index (χ2v) is 9.87. The van der Waals surface area contributed by atoms with Crippen LogP contribution in [0.1, 0.15) is 26.7 Å². The number of hydrogen-bond acceptors (Lipinski definition) is 9. The highest BCUT2D eigenvalue weighted by Gasteiger charge is 2.30. The van der Waals surface area contributed by atoms with Gasteiger partial charge in [0.15, 0.2) is 22.0 Å². The summed E-state index contributed by atoms with van der Waals surface area (Å²) in [5.41, 5.74) is 0.0573. The van der Waals surface area contributed by atoms with E-state index in [-0.39, 0.29) is 34.8 Å². The van der Waals surface area contributed by atoms with Crippen molar-refractivity contribution in [1.29, 1.82) is 0 Å². The maximum Gasteiger partial charge on any atom is 0.415 e. The average molecular weight is 530 g/mol. The molecule has 1 fully saturated rings. The molecule has 10 heteroatoms. The lowest BCUT2D eigenvalue weighted by Gasteiger charge is -2.23. The van der Waals surface area contributed by atoms with Gasteiger partial charge in [0, 0.05) is 30.7 Å². The second-order valence-electron chi connectivity index (χ2n) is 8.80. The maximum atomic E-state index is 13.0. The number of nitrogens with zero attached hydrogens (tertiary/aromatic N) is 1. The van der Waals surface area contributed by atoms with E-state index >= 15 is 0 Å². The van der Waals surface area contributed by atoms with Gasteiger partial charge in [-0.15, -0.1) is 0 Å². The van der Waals surface area contributed by atoms with Gasteiger partial charge in [-0.05, 0) is 51.0 Å². The normalized spacial score (nSPS) is 15.3. The van der Waals surface area contributed by atoms with Crippen molar-refractivity contribution in [1.82, 2.24) is 4.90 Å². The first-order valence-corrected chi connectivity index (χ1v) is 12.8. The number of amides is 1. The van der Waals surface area contributed by atoms with Crippen LogP contribution in [0, 0.1) is 0 Å². The molecule has 0 bridgehead atoms. The van der Waals surface area contributed by atoms with Crippen LogP contribution >= 0.6 is 11.8 Å². The lowest BCUT2D eigenvalue weighted by molar-refractivity contribution is 0.103. The summed E-state index contributed by atoms with van der Waals surface area (Å²) in [6.45, 7) is 4.93. The molecule has 0 saturated carbocycles. The Balaban J connectivity index is 1.54. The first-order valence-electron chi connectivity index (χ1n) is 12.0. The predicted molar refractivity (Wildman–Crippen MR) is 140 cm³/mol. The summed E-state index contributed by atoms with van der Waals surface area (Å²) < 4.78 is 33.6. The van der Waals surface area contributed by atoms with Gasteiger partial charge >= 0.3 is 6.09 Å². The van der Waals surface area contributed by atoms with Gasteiger partial charge in [-0.3, -0.25) is 4.79 Å². The van der Waals surface area contributed by atoms with E-state index in [4.69, 9.17) is 28.1 Å². The highest BCUT2D eigenvalue weighted by atomic mass is 32.2. The molecule has 1 saturated heterocycles. The standard InChI is InChI=1S/C27H31NO8S/c1-16(2)34-22-14-21-24(26(33-5)25(22)32-4)20(29)13-23(36-21)37-19-10-8-18(9-11-19)35-27(30)28-12-6-7-17(28)15-31-3/h8-11,13-14,16-17H,6-7,12,15H2,1-5H3/t17-/m0/s1. The van der Waals surface area contributed by atoms with Gasteiger partial charge in [-0.2, -0.15) is 0 Å². The van der Waals surface area contributed by atoms with E-state index in [2.05, 4.69) is 0 Å². The van der Waals surface area contributed by atoms with E-state index in [0.717, 1.165) is 17.7 Å². The Labute approximate surface area is 219 Å². The van der Waals surface area contributed by atoms with Crippen molar-refractivity contribution in [3.8, 4) is 23.0 Å². The summed E-state index contributed by atoms with van der Waals surface area (Å²) in [6, 6.07) is 10.1. The molecule has 0 unspecified atom stereocenters. The van der Waals surface area contributed by atoms with Crippen LogP contribution in [0.25, 0.3) is 11.0 Å². The smallest absolute Gasteiger partial charge is 0.415 e. The highest BCUT2D eigenvalue weighted by Crippen LogP contribution is 2.43. The predicted octanol–water partition coefficient (Wildman–Crippen LogP) is 5.36. The molecule has 0 spiro atoms. The fourth-order valence-electron chi connectivity index (χ4n) is 4.30. The van der Waals surface area contributed by atoms with E-state index in [0.29, 0.717) is 41.1 Å². The number of carbonyl (C=O) groups is 1. The summed E-state index contributed by atoms with van der Waals surface area (Å²) in [7, 11) is 4.59. The van der Waals surface area contributed by atoms with Crippen LogP contribution in [0.4, 0.5) is 4.79 Å². The van der Waals surface area contributed by atoms with Gasteiger partial charge in [-0.1, -0.05) is 11.8 Å². The molecule has 0 radical (unpaired) electrons. The summed E-state index contributed by atoms with van der Waals surface area (Å²) >= 11 is 1.27. The third-order valence-corrected chi connectivity index (χ3v) is 6.77. The van der Waals surface area contributed by atoms with Crippen molar-refractivity contribution in [3.05, 3.63) is 46.6 Å². The van der Waals surface area contributed by atoms with Crippen molar-refractivity contribution in [2.24, 2.45) is 0 Å². The second kappa shape index (κ2) is 11.8. The fraction of sp³-hybridized carbons (Fsp3) is 0.407. The molecular formula is C27H31NO8S. The van der Waals surface area contributed by atoms with Crippen molar-refractivity contribution < 1.29 is 32.9 Å². The average Bonchev–Trinajstić information content (AvgIpc) is 3.32. The van der Waals surface area contributed by atoms with E-state index < -0.39 is 0 Å². The summed E-state index contributed by atoms with van der Waals surface area (Å²) in [5, 5.41) is 0.667. The number of fused-ring (bicyclic) bond motifs is 1. The maximum absolute atomic E-state index is 13.0. The molecule has 37 heavy (non-hydrogen) atoms. The zero-order valence-corrected chi connectivity index (χ0v) is 22.4. The van der Waals surface area contributed by atoms with Crippen LogP contribution in [-0.2, 0) is 4.74 Å². The van der Waals surface area contributed by atoms with Crippen molar-refractivity contribution >= 4 is 28.8 Å². The summed E-state index contributed by atoms with van der Waals surface area (Å²) in [5.74, 6) is 1.45. The van der Waals surface area contributed by atoms with Crippen molar-refractivity contribution in [2.75, 3.05) is 34.5 Å². The Morgan fingerprint density at radius 2 is 1.84 bits per heavy atom. The van der Waals surface area contributed by atoms with Gasteiger partial charge < -0.3 is 33.0 Å². The van der Waals surface area contributed by atoms with Crippen LogP contribution < -0.4 is 24.4 Å². The third-order valence-electron chi connectivity index (χ3n) is 5.86. The minimum atomic E-state index is -0.385. The molecule has 1 aromatic heterocycles. The number of likely N-dealkylation sites (tertiary alicyclic amines) is 1. The summed E-state index contributed by atoms with van der Waals surface area (Å²) in [4.78, 5) is 28.1. The number of ether oxygens (including phenoxy) is 5. The molecule has 9 nitrogen and oxygen atoms in total. The van der Waals surface area contributed by atoms with Gasteiger partial charge in [0.05, 0.1) is 33.0 Å². The van der Waals surface area contributed by atoms with Crippen LogP contribution in [0.3, 0.4) is 0 Å². The molecule has 1 aliphatic rings. The first kappa shape index (κ1) is 26.7. The van der Waals surface area contributed by atoms with Crippen LogP contribution in [-0.4, -0.2) is 57.6 Å². The van der Waals surface area contributed by atoms with Crippen LogP contribution in [0.5, 0.6) is 23.0 Å². The van der Waals surface area contributed by atoms with Crippen LogP contribution in [0.2, 0.25) is 0 Å². The Kier molecular flexibility index (Phi) is 8.50. The van der Waals surface area contributed by atoms with Gasteiger partial charge in [0.25, 0.3) is 0 Å². The molecule has 198 valence electrons. The van der Waals surface area contributed by atoms with E-state index in [1.807, 2.05) is 13.8 Å². The zero-order chi connectivity index (χ0) is 26.5. The molecular weight excluding hydrogens is 498 g/mol. The number of carbonyl (C=O) groups excluding carboxylic acids is 1. The molecule has 3 aromatic rings. The topological polar surface area (TPSA) is 96.7 Å². The summed E-state index contributed by atoms with van der Waals surface area (Å²) in [6.07, 6.45) is 1.33. The number of methoxy groups -OCH3 is 3. The molecule has 1 amide bonds. The lowest BCUT2D eigenvalue weighted by Crippen LogP contribution is -2.39. The van der Waals surface area contributed by atoms with Gasteiger partial charge in [0.2, 0.25) is 5.75 Å². The molecule has 0 N–H and O–H groups in total. The molecule has 2 aromatic carbocycles. The zero-order valence-electron chi connectivity index (χ0n) is 21.6. The largest absolute Gasteiger partial charge is 0.492 e.